The Kier molecular flexibility index (Phi) is 4.39. The monoisotopic (exact) mass is 345 g/mol. The van der Waals surface area contributed by atoms with Gasteiger partial charge in [0.15, 0.2) is 0 Å². The molecule has 2 saturated heterocycles. The summed E-state index contributed by atoms with van der Waals surface area (Å²) in [6.07, 6.45) is 5.27. The van der Waals surface area contributed by atoms with Crippen LogP contribution in [0.15, 0.2) is 42.7 Å². The minimum atomic E-state index is -0.0983. The average Bonchev–Trinajstić information content (AvgIpc) is 2.57. The molecule has 0 saturated carbocycles. The van der Waals surface area contributed by atoms with Crippen molar-refractivity contribution in [3.8, 4) is 6.01 Å². The van der Waals surface area contributed by atoms with E-state index < -0.39 is 0 Å². The molecule has 4 rings (SSSR count). The molecule has 126 valence electrons. The summed E-state index contributed by atoms with van der Waals surface area (Å²) in [5, 5.41) is 0.824. The van der Waals surface area contributed by atoms with E-state index in [0.717, 1.165) is 49.7 Å². The minimum absolute atomic E-state index is 0.0983. The minimum Gasteiger partial charge on any atom is -0.460 e. The summed E-state index contributed by atoms with van der Waals surface area (Å²) < 4.78 is 12.0. The van der Waals surface area contributed by atoms with Crippen LogP contribution < -0.4 is 4.74 Å². The van der Waals surface area contributed by atoms with E-state index in [1.54, 1.807) is 18.5 Å². The molecule has 0 radical (unpaired) electrons. The Hall–Kier alpha value is -1.69. The molecule has 2 aliphatic rings. The van der Waals surface area contributed by atoms with E-state index in [1.165, 1.54) is 0 Å². The highest BCUT2D eigenvalue weighted by Gasteiger charge is 2.48. The van der Waals surface area contributed by atoms with E-state index in [2.05, 4.69) is 20.9 Å². The second-order valence-corrected chi connectivity index (χ2v) is 6.94. The summed E-state index contributed by atoms with van der Waals surface area (Å²) in [4.78, 5) is 10.7. The van der Waals surface area contributed by atoms with Crippen molar-refractivity contribution >= 4 is 11.6 Å². The maximum atomic E-state index is 6.25. The standard InChI is InChI=1S/C18H20ClN3O2/c19-16-5-2-1-4-14(16)11-22-12-18(13-22)10-15(6-9-23-18)24-17-20-7-3-8-21-17/h1-5,7-8,15H,6,9-13H2/t15-/m1/s1. The zero-order valence-corrected chi connectivity index (χ0v) is 14.2. The molecule has 0 amide bonds. The molecule has 2 aromatic rings. The lowest BCUT2D eigenvalue weighted by atomic mass is 9.84. The number of hydrogen-bond acceptors (Lipinski definition) is 5. The van der Waals surface area contributed by atoms with Crippen LogP contribution in [-0.2, 0) is 11.3 Å². The summed E-state index contributed by atoms with van der Waals surface area (Å²) >= 11 is 6.25. The van der Waals surface area contributed by atoms with Crippen LogP contribution in [0.2, 0.25) is 5.02 Å². The molecule has 1 aromatic carbocycles. The third-order valence-electron chi connectivity index (χ3n) is 4.64. The third kappa shape index (κ3) is 3.38. The van der Waals surface area contributed by atoms with Crippen molar-refractivity contribution < 1.29 is 9.47 Å². The van der Waals surface area contributed by atoms with Crippen LogP contribution in [0.1, 0.15) is 18.4 Å². The maximum absolute atomic E-state index is 6.25. The first kappa shape index (κ1) is 15.8. The summed E-state index contributed by atoms with van der Waals surface area (Å²) in [5.74, 6) is 0. The lowest BCUT2D eigenvalue weighted by Crippen LogP contribution is -2.65. The predicted octanol–water partition coefficient (Wildman–Crippen LogP) is 2.94. The molecular weight excluding hydrogens is 326 g/mol. The molecule has 6 heteroatoms. The number of aromatic nitrogens is 2. The number of hydrogen-bond donors (Lipinski definition) is 0. The fourth-order valence-corrected chi connectivity index (χ4v) is 3.74. The van der Waals surface area contributed by atoms with Gasteiger partial charge in [0.1, 0.15) is 6.10 Å². The molecule has 5 nitrogen and oxygen atoms in total. The van der Waals surface area contributed by atoms with Gasteiger partial charge in [0.2, 0.25) is 0 Å². The Labute approximate surface area is 146 Å². The number of halogens is 1. The van der Waals surface area contributed by atoms with Gasteiger partial charge in [0, 0.05) is 49.9 Å². The quantitative estimate of drug-likeness (QED) is 0.852. The second-order valence-electron chi connectivity index (χ2n) is 6.53. The van der Waals surface area contributed by atoms with Crippen molar-refractivity contribution in [3.05, 3.63) is 53.3 Å². The molecule has 3 heterocycles. The molecule has 0 bridgehead atoms. The Bertz CT molecular complexity index is 692. The van der Waals surface area contributed by atoms with E-state index in [1.807, 2.05) is 18.2 Å². The predicted molar refractivity (Wildman–Crippen MR) is 91.1 cm³/mol. The Morgan fingerprint density at radius 2 is 2.00 bits per heavy atom. The lowest BCUT2D eigenvalue weighted by Gasteiger charge is -2.53. The number of likely N-dealkylation sites (tertiary alicyclic amines) is 1. The van der Waals surface area contributed by atoms with Gasteiger partial charge in [-0.2, -0.15) is 0 Å². The number of ether oxygens (including phenoxy) is 2. The van der Waals surface area contributed by atoms with E-state index >= 15 is 0 Å². The molecule has 0 unspecified atom stereocenters. The molecule has 24 heavy (non-hydrogen) atoms. The third-order valence-corrected chi connectivity index (χ3v) is 5.01. The zero-order valence-electron chi connectivity index (χ0n) is 13.4. The first-order chi connectivity index (χ1) is 11.7. The fraction of sp³-hybridized carbons (Fsp3) is 0.444. The molecule has 0 aliphatic carbocycles. The molecule has 2 fully saturated rings. The lowest BCUT2D eigenvalue weighted by molar-refractivity contribution is -0.188. The average molecular weight is 346 g/mol. The van der Waals surface area contributed by atoms with Crippen molar-refractivity contribution in [1.82, 2.24) is 14.9 Å². The summed E-state index contributed by atoms with van der Waals surface area (Å²) in [5.41, 5.74) is 1.06. The summed E-state index contributed by atoms with van der Waals surface area (Å²) in [6, 6.07) is 10.2. The van der Waals surface area contributed by atoms with Crippen LogP contribution in [0, 0.1) is 0 Å². The number of rotatable bonds is 4. The van der Waals surface area contributed by atoms with E-state index in [0.29, 0.717) is 6.01 Å². The van der Waals surface area contributed by atoms with Crippen LogP contribution in [-0.4, -0.2) is 46.3 Å². The van der Waals surface area contributed by atoms with E-state index in [9.17, 15) is 0 Å². The van der Waals surface area contributed by atoms with Gasteiger partial charge in [0.25, 0.3) is 0 Å². The summed E-state index contributed by atoms with van der Waals surface area (Å²) in [7, 11) is 0. The Morgan fingerprint density at radius 1 is 1.21 bits per heavy atom. The Morgan fingerprint density at radius 3 is 2.79 bits per heavy atom. The van der Waals surface area contributed by atoms with Gasteiger partial charge in [-0.05, 0) is 17.7 Å². The highest BCUT2D eigenvalue weighted by Crippen LogP contribution is 2.36. The van der Waals surface area contributed by atoms with Gasteiger partial charge in [-0.1, -0.05) is 29.8 Å². The van der Waals surface area contributed by atoms with Crippen molar-refractivity contribution in [2.45, 2.75) is 31.1 Å². The van der Waals surface area contributed by atoms with Crippen LogP contribution >= 0.6 is 11.6 Å². The summed E-state index contributed by atoms with van der Waals surface area (Å²) in [6.45, 7) is 3.40. The smallest absolute Gasteiger partial charge is 0.316 e. The second kappa shape index (κ2) is 6.67. The molecule has 1 atom stereocenters. The molecular formula is C18H20ClN3O2. The fourth-order valence-electron chi connectivity index (χ4n) is 3.55. The van der Waals surface area contributed by atoms with Crippen LogP contribution in [0.25, 0.3) is 0 Å². The number of nitrogens with zero attached hydrogens (tertiary/aromatic N) is 3. The van der Waals surface area contributed by atoms with Crippen molar-refractivity contribution in [2.75, 3.05) is 19.7 Å². The van der Waals surface area contributed by atoms with Crippen LogP contribution in [0.5, 0.6) is 6.01 Å². The number of benzene rings is 1. The van der Waals surface area contributed by atoms with Crippen molar-refractivity contribution in [1.29, 1.82) is 0 Å². The normalized spacial score (nSPS) is 23.0. The van der Waals surface area contributed by atoms with Crippen molar-refractivity contribution in [2.24, 2.45) is 0 Å². The highest BCUT2D eigenvalue weighted by molar-refractivity contribution is 6.31. The van der Waals surface area contributed by atoms with Gasteiger partial charge < -0.3 is 9.47 Å². The Balaban J connectivity index is 1.33. The van der Waals surface area contributed by atoms with Crippen LogP contribution in [0.3, 0.4) is 0 Å². The van der Waals surface area contributed by atoms with E-state index in [-0.39, 0.29) is 11.7 Å². The first-order valence-corrected chi connectivity index (χ1v) is 8.64. The first-order valence-electron chi connectivity index (χ1n) is 8.26. The van der Waals surface area contributed by atoms with Gasteiger partial charge >= 0.3 is 6.01 Å². The van der Waals surface area contributed by atoms with Gasteiger partial charge in [-0.25, -0.2) is 9.97 Å². The topological polar surface area (TPSA) is 47.5 Å². The van der Waals surface area contributed by atoms with Gasteiger partial charge in [0.05, 0.1) is 12.2 Å². The molecule has 1 aromatic heterocycles. The SMILES string of the molecule is Clc1ccccc1CN1CC2(C[C@H](Oc3ncccn3)CCO2)C1. The van der Waals surface area contributed by atoms with Crippen LogP contribution in [0.4, 0.5) is 0 Å². The van der Waals surface area contributed by atoms with E-state index in [4.69, 9.17) is 21.1 Å². The highest BCUT2D eigenvalue weighted by atomic mass is 35.5. The molecule has 0 N–H and O–H groups in total. The largest absolute Gasteiger partial charge is 0.460 e. The maximum Gasteiger partial charge on any atom is 0.316 e. The van der Waals surface area contributed by atoms with Gasteiger partial charge in [-0.3, -0.25) is 4.90 Å². The van der Waals surface area contributed by atoms with Crippen molar-refractivity contribution in [3.63, 3.8) is 0 Å². The molecule has 2 aliphatic heterocycles. The van der Waals surface area contributed by atoms with Gasteiger partial charge in [-0.15, -0.1) is 0 Å². The molecule has 1 spiro atoms. The zero-order chi connectivity index (χ0) is 16.4.